The molecular formula is C45H52FN5O5. The first-order chi connectivity index (χ1) is 27.3. The summed E-state index contributed by atoms with van der Waals surface area (Å²) in [6.45, 7) is 5.62. The van der Waals surface area contributed by atoms with Crippen molar-refractivity contribution in [3.05, 3.63) is 130 Å². The number of aliphatic hydroxyl groups is 1. The first-order valence-corrected chi connectivity index (χ1v) is 19.9. The van der Waals surface area contributed by atoms with Crippen LogP contribution in [0.4, 0.5) is 14.9 Å². The van der Waals surface area contributed by atoms with Crippen molar-refractivity contribution in [2.45, 2.75) is 63.8 Å². The average Bonchev–Trinajstić information content (AvgIpc) is 3.21. The van der Waals surface area contributed by atoms with E-state index in [4.69, 9.17) is 4.74 Å². The summed E-state index contributed by atoms with van der Waals surface area (Å²) >= 11 is 0. The van der Waals surface area contributed by atoms with Gasteiger partial charge in [0.15, 0.2) is 0 Å². The lowest BCUT2D eigenvalue weighted by Crippen LogP contribution is -2.38. The molecule has 56 heavy (non-hydrogen) atoms. The fourth-order valence-electron chi connectivity index (χ4n) is 8.14. The van der Waals surface area contributed by atoms with E-state index in [-0.39, 0.29) is 23.2 Å². The van der Waals surface area contributed by atoms with Gasteiger partial charge in [0.2, 0.25) is 5.56 Å². The van der Waals surface area contributed by atoms with Gasteiger partial charge in [0.25, 0.3) is 0 Å². The monoisotopic (exact) mass is 761 g/mol. The molecule has 11 heteroatoms. The Hall–Kier alpha value is -5.07. The standard InChI is InChI=1S/C45H52FN5O5/c46-43-33(29-50-24-19-31(20-25-50)8-7-23-47-28-41(53)37-15-17-40(52)44-38(37)16-18-42(54)49-44)11-6-12-34(43)30-51-26-21-35(22-27-51)56-45(55)48-39-14-5-4-13-36(39)32-9-2-1-3-10-32/h1-6,9-18,31,35,41,47,52-53H,7-8,19-30H2,(H,48,55)(H,49,54)/t41-/m1/s1. The normalized spacial score (nSPS) is 16.5. The lowest BCUT2D eigenvalue weighted by Gasteiger charge is -2.33. The molecule has 294 valence electrons. The zero-order valence-corrected chi connectivity index (χ0v) is 31.8. The number of benzene rings is 4. The van der Waals surface area contributed by atoms with Crippen molar-refractivity contribution < 1.29 is 24.1 Å². The van der Waals surface area contributed by atoms with Crippen LogP contribution in [0.25, 0.3) is 22.0 Å². The Morgan fingerprint density at radius 1 is 0.839 bits per heavy atom. The van der Waals surface area contributed by atoms with Crippen LogP contribution in [0.5, 0.6) is 5.75 Å². The minimum Gasteiger partial charge on any atom is -0.506 e. The van der Waals surface area contributed by atoms with Gasteiger partial charge in [-0.3, -0.25) is 19.9 Å². The summed E-state index contributed by atoms with van der Waals surface area (Å²) in [6, 6.07) is 29.6. The average molecular weight is 762 g/mol. The molecule has 1 aromatic heterocycles. The largest absolute Gasteiger partial charge is 0.506 e. The lowest BCUT2D eigenvalue weighted by molar-refractivity contribution is 0.0564. The van der Waals surface area contributed by atoms with Crippen LogP contribution in [-0.4, -0.2) is 76.5 Å². The molecular weight excluding hydrogens is 710 g/mol. The highest BCUT2D eigenvalue weighted by molar-refractivity contribution is 5.91. The highest BCUT2D eigenvalue weighted by Crippen LogP contribution is 2.30. The van der Waals surface area contributed by atoms with Gasteiger partial charge >= 0.3 is 6.09 Å². The molecule has 4 aromatic carbocycles. The van der Waals surface area contributed by atoms with Gasteiger partial charge in [-0.05, 0) is 93.4 Å². The second kappa shape index (κ2) is 18.7. The Bertz CT molecular complexity index is 2130. The Labute approximate surface area is 327 Å². The van der Waals surface area contributed by atoms with E-state index < -0.39 is 12.2 Å². The third kappa shape index (κ3) is 10.0. The highest BCUT2D eigenvalue weighted by atomic mass is 19.1. The number of pyridine rings is 1. The smallest absolute Gasteiger partial charge is 0.411 e. The molecule has 2 fully saturated rings. The fourth-order valence-corrected chi connectivity index (χ4v) is 8.14. The number of aromatic amines is 1. The number of para-hydroxylation sites is 1. The maximum atomic E-state index is 15.8. The summed E-state index contributed by atoms with van der Waals surface area (Å²) in [5, 5.41) is 27.9. The molecule has 0 bridgehead atoms. The predicted octanol–water partition coefficient (Wildman–Crippen LogP) is 7.57. The number of aromatic hydroxyl groups is 1. The zero-order chi connectivity index (χ0) is 38.9. The van der Waals surface area contributed by atoms with E-state index in [0.29, 0.717) is 66.1 Å². The number of piperidine rings is 2. The SMILES string of the molecule is O=C(Nc1ccccc1-c1ccccc1)OC1CCN(Cc2cccc(CN3CCC(CCCNC[C@@H](O)c4ccc(O)c5[nH]c(=O)ccc45)CC3)c2F)CC1. The van der Waals surface area contributed by atoms with Crippen molar-refractivity contribution >= 4 is 22.7 Å². The van der Waals surface area contributed by atoms with Crippen LogP contribution in [0.1, 0.15) is 61.3 Å². The zero-order valence-electron chi connectivity index (χ0n) is 31.8. The number of aromatic nitrogens is 1. The van der Waals surface area contributed by atoms with E-state index in [1.807, 2.05) is 72.8 Å². The number of carbonyl (C=O) groups is 1. The van der Waals surface area contributed by atoms with E-state index in [1.54, 1.807) is 12.1 Å². The molecule has 5 aromatic rings. The number of aliphatic hydroxyl groups excluding tert-OH is 1. The number of phenolic OH excluding ortho intramolecular Hbond substituents is 1. The van der Waals surface area contributed by atoms with Crippen LogP contribution < -0.4 is 16.2 Å². The Morgan fingerprint density at radius 3 is 2.25 bits per heavy atom. The molecule has 10 nitrogen and oxygen atoms in total. The molecule has 7 rings (SSSR count). The van der Waals surface area contributed by atoms with Crippen LogP contribution in [0.15, 0.2) is 102 Å². The number of hydrogen-bond donors (Lipinski definition) is 5. The van der Waals surface area contributed by atoms with Crippen LogP contribution in [0, 0.1) is 11.7 Å². The molecule has 0 unspecified atom stereocenters. The van der Waals surface area contributed by atoms with E-state index in [0.717, 1.165) is 75.1 Å². The Kier molecular flexibility index (Phi) is 13.1. The van der Waals surface area contributed by atoms with Gasteiger partial charge in [-0.2, -0.15) is 0 Å². The third-order valence-electron chi connectivity index (χ3n) is 11.3. The van der Waals surface area contributed by atoms with Gasteiger partial charge in [0.05, 0.1) is 17.3 Å². The number of H-pyrrole nitrogens is 1. The molecule has 0 spiro atoms. The number of ether oxygens (including phenoxy) is 1. The summed E-state index contributed by atoms with van der Waals surface area (Å²) in [5.74, 6) is 0.481. The molecule has 0 saturated carbocycles. The van der Waals surface area contributed by atoms with Crippen molar-refractivity contribution in [3.63, 3.8) is 0 Å². The minimum absolute atomic E-state index is 0.0207. The second-order valence-electron chi connectivity index (χ2n) is 15.2. The topological polar surface area (TPSA) is 130 Å². The summed E-state index contributed by atoms with van der Waals surface area (Å²) in [5.41, 5.74) is 4.80. The van der Waals surface area contributed by atoms with Crippen molar-refractivity contribution in [2.24, 2.45) is 5.92 Å². The predicted molar refractivity (Wildman–Crippen MR) is 218 cm³/mol. The molecule has 0 aliphatic carbocycles. The number of phenols is 1. The van der Waals surface area contributed by atoms with Gasteiger partial charge in [-0.1, -0.05) is 72.8 Å². The third-order valence-corrected chi connectivity index (χ3v) is 11.3. The number of hydrogen-bond acceptors (Lipinski definition) is 8. The van der Waals surface area contributed by atoms with Crippen molar-refractivity contribution in [2.75, 3.05) is 44.6 Å². The van der Waals surface area contributed by atoms with Crippen molar-refractivity contribution in [3.8, 4) is 16.9 Å². The molecule has 2 saturated heterocycles. The second-order valence-corrected chi connectivity index (χ2v) is 15.2. The summed E-state index contributed by atoms with van der Waals surface area (Å²) in [4.78, 5) is 31.8. The quantitative estimate of drug-likeness (QED) is 0.0734. The maximum Gasteiger partial charge on any atom is 0.411 e. The first kappa shape index (κ1) is 39.2. The van der Waals surface area contributed by atoms with Crippen molar-refractivity contribution in [1.29, 1.82) is 0 Å². The van der Waals surface area contributed by atoms with Gasteiger partial charge in [0, 0.05) is 60.9 Å². The fraction of sp³-hybridized carbons (Fsp3) is 0.378. The maximum absolute atomic E-state index is 15.8. The van der Waals surface area contributed by atoms with Crippen molar-refractivity contribution in [1.82, 2.24) is 20.1 Å². The number of nitrogens with zero attached hydrogens (tertiary/aromatic N) is 2. The minimum atomic E-state index is -0.770. The number of carbonyl (C=O) groups excluding carboxylic acids is 1. The van der Waals surface area contributed by atoms with Gasteiger partial charge in [-0.15, -0.1) is 0 Å². The molecule has 2 aliphatic heterocycles. The van der Waals surface area contributed by atoms with Crippen LogP contribution >= 0.6 is 0 Å². The number of rotatable bonds is 14. The van der Waals surface area contributed by atoms with Crippen LogP contribution in [0.2, 0.25) is 0 Å². The van der Waals surface area contributed by atoms with Gasteiger partial charge in [0.1, 0.15) is 17.7 Å². The highest BCUT2D eigenvalue weighted by Gasteiger charge is 2.25. The van der Waals surface area contributed by atoms with E-state index in [9.17, 15) is 19.8 Å². The van der Waals surface area contributed by atoms with E-state index >= 15 is 4.39 Å². The molecule has 1 amide bonds. The Morgan fingerprint density at radius 2 is 1.52 bits per heavy atom. The van der Waals surface area contributed by atoms with Gasteiger partial charge < -0.3 is 25.3 Å². The Balaban J connectivity index is 0.799. The van der Waals surface area contributed by atoms with E-state index in [1.165, 1.54) is 12.1 Å². The number of anilines is 1. The number of amides is 1. The molecule has 2 aliphatic rings. The molecule has 3 heterocycles. The van der Waals surface area contributed by atoms with Crippen LogP contribution in [0.3, 0.4) is 0 Å². The lowest BCUT2D eigenvalue weighted by atomic mass is 9.92. The molecule has 5 N–H and O–H groups in total. The van der Waals surface area contributed by atoms with Crippen LogP contribution in [-0.2, 0) is 17.8 Å². The summed E-state index contributed by atoms with van der Waals surface area (Å²) < 4.78 is 21.6. The van der Waals surface area contributed by atoms with E-state index in [2.05, 4.69) is 25.4 Å². The molecule has 0 radical (unpaired) electrons. The number of likely N-dealkylation sites (tertiary alicyclic amines) is 2. The number of nitrogens with one attached hydrogen (secondary N) is 3. The number of fused-ring (bicyclic) bond motifs is 1. The molecule has 1 atom stereocenters. The van der Waals surface area contributed by atoms with Gasteiger partial charge in [-0.25, -0.2) is 9.18 Å². The first-order valence-electron chi connectivity index (χ1n) is 19.9. The summed E-state index contributed by atoms with van der Waals surface area (Å²) in [6.07, 6.45) is 4.23. The number of halogens is 1. The summed E-state index contributed by atoms with van der Waals surface area (Å²) in [7, 11) is 0.